The number of para-hydroxylation sites is 1. The van der Waals surface area contributed by atoms with Gasteiger partial charge in [0.1, 0.15) is 18.2 Å². The second kappa shape index (κ2) is 8.24. The molecule has 0 atom stereocenters. The summed E-state index contributed by atoms with van der Waals surface area (Å²) in [4.78, 5) is 0. The molecule has 0 fully saturated rings. The van der Waals surface area contributed by atoms with Crippen molar-refractivity contribution in [3.05, 3.63) is 93.7 Å². The Morgan fingerprint density at radius 2 is 1.64 bits per heavy atom. The molecule has 3 aromatic carbocycles. The van der Waals surface area contributed by atoms with Crippen molar-refractivity contribution in [1.29, 1.82) is 0 Å². The van der Waals surface area contributed by atoms with Gasteiger partial charge >= 0.3 is 0 Å². The highest BCUT2D eigenvalue weighted by atomic mass is 35.5. The number of ether oxygens (including phenoxy) is 1. The number of hydrogen-bond donors (Lipinski definition) is 1. The molecule has 0 heterocycles. The molecule has 0 radical (unpaired) electrons. The number of halogens is 3. The first-order valence-electron chi connectivity index (χ1n) is 7.76. The van der Waals surface area contributed by atoms with Crippen molar-refractivity contribution < 1.29 is 9.13 Å². The minimum absolute atomic E-state index is 0.0729. The highest BCUT2D eigenvalue weighted by Gasteiger charge is 2.09. The average molecular weight is 376 g/mol. The largest absolute Gasteiger partial charge is 0.488 e. The lowest BCUT2D eigenvalue weighted by atomic mass is 10.2. The molecule has 1 N–H and O–H groups in total. The van der Waals surface area contributed by atoms with E-state index in [1.54, 1.807) is 12.1 Å². The summed E-state index contributed by atoms with van der Waals surface area (Å²) >= 11 is 11.9. The average Bonchev–Trinajstić information content (AvgIpc) is 2.62. The van der Waals surface area contributed by atoms with Gasteiger partial charge in [-0.2, -0.15) is 0 Å². The van der Waals surface area contributed by atoms with Gasteiger partial charge in [-0.15, -0.1) is 0 Å². The van der Waals surface area contributed by atoms with E-state index in [2.05, 4.69) is 5.32 Å². The number of benzene rings is 3. The van der Waals surface area contributed by atoms with Gasteiger partial charge in [-0.3, -0.25) is 0 Å². The molecule has 3 aromatic rings. The molecule has 0 aliphatic rings. The third-order valence-electron chi connectivity index (χ3n) is 3.73. The van der Waals surface area contributed by atoms with Crippen molar-refractivity contribution in [2.75, 3.05) is 5.32 Å². The summed E-state index contributed by atoms with van der Waals surface area (Å²) in [6, 6.07) is 19.7. The fourth-order valence-electron chi connectivity index (χ4n) is 2.38. The maximum absolute atomic E-state index is 13.9. The van der Waals surface area contributed by atoms with Crippen LogP contribution in [0.25, 0.3) is 0 Å². The van der Waals surface area contributed by atoms with Gasteiger partial charge in [0.2, 0.25) is 0 Å². The van der Waals surface area contributed by atoms with Gasteiger partial charge in [-0.25, -0.2) is 4.39 Å². The predicted octanol–water partition coefficient (Wildman–Crippen LogP) is 6.32. The summed E-state index contributed by atoms with van der Waals surface area (Å²) < 4.78 is 19.7. The first kappa shape index (κ1) is 17.6. The summed E-state index contributed by atoms with van der Waals surface area (Å²) in [5, 5.41) is 4.36. The minimum Gasteiger partial charge on any atom is -0.488 e. The van der Waals surface area contributed by atoms with Crippen molar-refractivity contribution in [3.8, 4) is 5.75 Å². The topological polar surface area (TPSA) is 21.3 Å². The quantitative estimate of drug-likeness (QED) is 0.543. The van der Waals surface area contributed by atoms with Crippen molar-refractivity contribution in [3.63, 3.8) is 0 Å². The molecule has 5 heteroatoms. The summed E-state index contributed by atoms with van der Waals surface area (Å²) in [6.45, 7) is 0.645. The van der Waals surface area contributed by atoms with E-state index in [0.29, 0.717) is 27.9 Å². The Kier molecular flexibility index (Phi) is 5.79. The summed E-state index contributed by atoms with van der Waals surface area (Å²) in [5.41, 5.74) is 2.27. The Morgan fingerprint density at radius 1 is 0.880 bits per heavy atom. The highest BCUT2D eigenvalue weighted by Crippen LogP contribution is 2.24. The van der Waals surface area contributed by atoms with Crippen molar-refractivity contribution in [2.45, 2.75) is 13.2 Å². The molecular formula is C20H16Cl2FNO. The Hall–Kier alpha value is -2.23. The summed E-state index contributed by atoms with van der Waals surface area (Å²) in [6.07, 6.45) is 0. The standard InChI is InChI=1S/C20H16Cl2FNO/c21-15-8-10-16(11-9-15)24-12-14-4-1-2-7-20(14)25-13-17-18(22)5-3-6-19(17)23/h1-11,24H,12-13H2. The van der Waals surface area contributed by atoms with E-state index in [-0.39, 0.29) is 12.4 Å². The Morgan fingerprint density at radius 3 is 2.40 bits per heavy atom. The fourth-order valence-corrected chi connectivity index (χ4v) is 2.72. The van der Waals surface area contributed by atoms with Gasteiger partial charge in [0.25, 0.3) is 0 Å². The first-order chi connectivity index (χ1) is 12.1. The molecule has 0 bridgehead atoms. The predicted molar refractivity (Wildman–Crippen MR) is 101 cm³/mol. The molecule has 0 aromatic heterocycles. The van der Waals surface area contributed by atoms with Crippen LogP contribution in [-0.4, -0.2) is 0 Å². The number of rotatable bonds is 6. The van der Waals surface area contributed by atoms with Gasteiger partial charge in [0.15, 0.2) is 0 Å². The Balaban J connectivity index is 1.69. The molecule has 0 unspecified atom stereocenters. The zero-order chi connectivity index (χ0) is 17.6. The van der Waals surface area contributed by atoms with Gasteiger partial charge in [0, 0.05) is 28.4 Å². The molecule has 0 spiro atoms. The van der Waals surface area contributed by atoms with Crippen molar-refractivity contribution >= 4 is 28.9 Å². The maximum Gasteiger partial charge on any atom is 0.131 e. The van der Waals surface area contributed by atoms with E-state index in [1.807, 2.05) is 48.5 Å². The summed E-state index contributed by atoms with van der Waals surface area (Å²) in [7, 11) is 0. The van der Waals surface area contributed by atoms with Crippen LogP contribution in [0.5, 0.6) is 5.75 Å². The van der Waals surface area contributed by atoms with Gasteiger partial charge in [-0.1, -0.05) is 47.5 Å². The molecule has 3 rings (SSSR count). The lowest BCUT2D eigenvalue weighted by Gasteiger charge is -2.14. The van der Waals surface area contributed by atoms with Gasteiger partial charge in [0.05, 0.1) is 5.02 Å². The number of anilines is 1. The van der Waals surface area contributed by atoms with Gasteiger partial charge in [-0.05, 0) is 42.5 Å². The van der Waals surface area contributed by atoms with Crippen LogP contribution in [0, 0.1) is 5.82 Å². The highest BCUT2D eigenvalue weighted by molar-refractivity contribution is 6.31. The van der Waals surface area contributed by atoms with Crippen LogP contribution < -0.4 is 10.1 Å². The lowest BCUT2D eigenvalue weighted by Crippen LogP contribution is -2.05. The van der Waals surface area contributed by atoms with Crippen LogP contribution >= 0.6 is 23.2 Å². The zero-order valence-electron chi connectivity index (χ0n) is 13.3. The smallest absolute Gasteiger partial charge is 0.131 e. The molecule has 25 heavy (non-hydrogen) atoms. The van der Waals surface area contributed by atoms with E-state index in [4.69, 9.17) is 27.9 Å². The fraction of sp³-hybridized carbons (Fsp3) is 0.100. The van der Waals surface area contributed by atoms with Gasteiger partial charge < -0.3 is 10.1 Å². The van der Waals surface area contributed by atoms with E-state index < -0.39 is 0 Å². The van der Waals surface area contributed by atoms with Crippen LogP contribution in [0.3, 0.4) is 0 Å². The molecule has 128 valence electrons. The molecule has 0 aliphatic carbocycles. The molecule has 0 amide bonds. The molecule has 0 saturated carbocycles. The SMILES string of the molecule is Fc1cccc(Cl)c1COc1ccccc1CNc1ccc(Cl)cc1. The van der Waals surface area contributed by atoms with Crippen LogP contribution in [0.2, 0.25) is 10.0 Å². The first-order valence-corrected chi connectivity index (χ1v) is 8.52. The second-order valence-electron chi connectivity index (χ2n) is 5.46. The molecule has 0 saturated heterocycles. The van der Waals surface area contributed by atoms with Crippen LogP contribution in [0.15, 0.2) is 66.7 Å². The summed E-state index contributed by atoms with van der Waals surface area (Å²) in [5.74, 6) is 0.313. The van der Waals surface area contributed by atoms with E-state index in [0.717, 1.165) is 11.3 Å². The third kappa shape index (κ3) is 4.65. The van der Waals surface area contributed by atoms with Crippen LogP contribution in [0.1, 0.15) is 11.1 Å². The van der Waals surface area contributed by atoms with E-state index >= 15 is 0 Å². The molecular weight excluding hydrogens is 360 g/mol. The van der Waals surface area contributed by atoms with E-state index in [1.165, 1.54) is 6.07 Å². The van der Waals surface area contributed by atoms with Crippen LogP contribution in [-0.2, 0) is 13.2 Å². The Bertz CT molecular complexity index is 832. The number of hydrogen-bond acceptors (Lipinski definition) is 2. The van der Waals surface area contributed by atoms with Crippen molar-refractivity contribution in [2.24, 2.45) is 0 Å². The second-order valence-corrected chi connectivity index (χ2v) is 6.30. The molecule has 0 aliphatic heterocycles. The number of nitrogens with one attached hydrogen (secondary N) is 1. The maximum atomic E-state index is 13.9. The zero-order valence-corrected chi connectivity index (χ0v) is 14.8. The third-order valence-corrected chi connectivity index (χ3v) is 4.34. The van der Waals surface area contributed by atoms with Crippen molar-refractivity contribution in [1.82, 2.24) is 0 Å². The minimum atomic E-state index is -0.371. The lowest BCUT2D eigenvalue weighted by molar-refractivity contribution is 0.297. The Labute approximate surface area is 156 Å². The molecule has 2 nitrogen and oxygen atoms in total. The normalized spacial score (nSPS) is 10.5. The van der Waals surface area contributed by atoms with E-state index in [9.17, 15) is 4.39 Å². The van der Waals surface area contributed by atoms with Crippen LogP contribution in [0.4, 0.5) is 10.1 Å². The monoisotopic (exact) mass is 375 g/mol.